The molecule has 3 aromatic rings. The van der Waals surface area contributed by atoms with Crippen LogP contribution in [0.15, 0.2) is 57.9 Å². The summed E-state index contributed by atoms with van der Waals surface area (Å²) in [5.74, 6) is -0.0558. The second-order valence-corrected chi connectivity index (χ2v) is 4.49. The van der Waals surface area contributed by atoms with Crippen molar-refractivity contribution in [2.75, 3.05) is 6.54 Å². The van der Waals surface area contributed by atoms with Crippen LogP contribution in [0.25, 0.3) is 11.0 Å². The zero-order chi connectivity index (χ0) is 14.7. The molecule has 1 N–H and O–H groups in total. The Morgan fingerprint density at radius 3 is 2.90 bits per heavy atom. The van der Waals surface area contributed by atoms with Crippen LogP contribution >= 0.6 is 0 Å². The molecular formula is C15H13N3O3. The van der Waals surface area contributed by atoms with Crippen LogP contribution in [0.1, 0.15) is 10.6 Å². The van der Waals surface area contributed by atoms with Gasteiger partial charge in [0, 0.05) is 24.2 Å². The number of amides is 1. The number of hydrogen-bond acceptors (Lipinski definition) is 4. The van der Waals surface area contributed by atoms with Gasteiger partial charge in [-0.2, -0.15) is 5.10 Å². The molecule has 0 unspecified atom stereocenters. The van der Waals surface area contributed by atoms with Gasteiger partial charge in [-0.15, -0.1) is 0 Å². The fourth-order valence-corrected chi connectivity index (χ4v) is 2.01. The summed E-state index contributed by atoms with van der Waals surface area (Å²) in [5, 5.41) is 7.49. The first kappa shape index (κ1) is 13.1. The van der Waals surface area contributed by atoms with Crippen molar-refractivity contribution < 1.29 is 9.21 Å². The van der Waals surface area contributed by atoms with Gasteiger partial charge < -0.3 is 9.73 Å². The number of rotatable bonds is 4. The molecule has 2 aromatic heterocycles. The molecule has 0 bridgehead atoms. The third-order valence-electron chi connectivity index (χ3n) is 3.04. The average molecular weight is 283 g/mol. The summed E-state index contributed by atoms with van der Waals surface area (Å²) in [6, 6.07) is 12.1. The van der Waals surface area contributed by atoms with Gasteiger partial charge in [0.25, 0.3) is 11.5 Å². The second-order valence-electron chi connectivity index (χ2n) is 4.49. The van der Waals surface area contributed by atoms with Gasteiger partial charge in [-0.3, -0.25) is 9.59 Å². The molecule has 3 rings (SSSR count). The van der Waals surface area contributed by atoms with Gasteiger partial charge in [0.05, 0.1) is 6.54 Å². The summed E-state index contributed by atoms with van der Waals surface area (Å²) in [4.78, 5) is 23.4. The van der Waals surface area contributed by atoms with Crippen LogP contribution in [-0.4, -0.2) is 22.2 Å². The molecule has 0 saturated carbocycles. The van der Waals surface area contributed by atoms with Crippen molar-refractivity contribution >= 4 is 16.9 Å². The number of nitrogens with zero attached hydrogens (tertiary/aromatic N) is 2. The minimum atomic E-state index is -0.310. The SMILES string of the molecule is O=C(NCCn1ncccc1=O)c1cc2ccccc2o1. The van der Waals surface area contributed by atoms with Gasteiger partial charge in [-0.05, 0) is 18.2 Å². The summed E-state index contributed by atoms with van der Waals surface area (Å²) in [6.45, 7) is 0.610. The summed E-state index contributed by atoms with van der Waals surface area (Å²) in [7, 11) is 0. The van der Waals surface area contributed by atoms with Crippen LogP contribution in [-0.2, 0) is 6.54 Å². The van der Waals surface area contributed by atoms with Crippen LogP contribution in [0.5, 0.6) is 0 Å². The molecule has 0 saturated heterocycles. The molecule has 0 aliphatic heterocycles. The standard InChI is InChI=1S/C15H13N3O3/c19-14-6-3-7-17-18(14)9-8-16-15(20)13-10-11-4-1-2-5-12(11)21-13/h1-7,10H,8-9H2,(H,16,20). The van der Waals surface area contributed by atoms with E-state index in [1.807, 2.05) is 18.2 Å². The number of carbonyl (C=O) groups is 1. The largest absolute Gasteiger partial charge is 0.451 e. The van der Waals surface area contributed by atoms with Crippen molar-refractivity contribution in [2.45, 2.75) is 6.54 Å². The number of benzene rings is 1. The normalized spacial score (nSPS) is 10.7. The van der Waals surface area contributed by atoms with E-state index < -0.39 is 0 Å². The van der Waals surface area contributed by atoms with Gasteiger partial charge in [0.2, 0.25) is 0 Å². The van der Waals surface area contributed by atoms with Crippen molar-refractivity contribution in [1.82, 2.24) is 15.1 Å². The Morgan fingerprint density at radius 2 is 2.10 bits per heavy atom. The van der Waals surface area contributed by atoms with Crippen LogP contribution in [0.3, 0.4) is 0 Å². The molecule has 106 valence electrons. The Hall–Kier alpha value is -2.89. The summed E-state index contributed by atoms with van der Waals surface area (Å²) < 4.78 is 6.75. The first-order valence-corrected chi connectivity index (χ1v) is 6.53. The predicted octanol–water partition coefficient (Wildman–Crippen LogP) is 1.42. The first-order chi connectivity index (χ1) is 10.2. The quantitative estimate of drug-likeness (QED) is 0.785. The third-order valence-corrected chi connectivity index (χ3v) is 3.04. The van der Waals surface area contributed by atoms with Crippen molar-refractivity contribution in [3.8, 4) is 0 Å². The maximum atomic E-state index is 12.0. The molecule has 6 nitrogen and oxygen atoms in total. The number of aromatic nitrogens is 2. The fraction of sp³-hybridized carbons (Fsp3) is 0.133. The lowest BCUT2D eigenvalue weighted by atomic mass is 10.2. The van der Waals surface area contributed by atoms with E-state index in [1.54, 1.807) is 18.2 Å². The lowest BCUT2D eigenvalue weighted by Gasteiger charge is -2.04. The Kier molecular flexibility index (Phi) is 3.51. The van der Waals surface area contributed by atoms with Crippen molar-refractivity contribution in [3.63, 3.8) is 0 Å². The highest BCUT2D eigenvalue weighted by atomic mass is 16.3. The van der Waals surface area contributed by atoms with E-state index in [9.17, 15) is 9.59 Å². The maximum absolute atomic E-state index is 12.0. The maximum Gasteiger partial charge on any atom is 0.287 e. The Morgan fingerprint density at radius 1 is 1.24 bits per heavy atom. The highest BCUT2D eigenvalue weighted by molar-refractivity contribution is 5.95. The topological polar surface area (TPSA) is 77.1 Å². The van der Waals surface area contributed by atoms with E-state index in [-0.39, 0.29) is 17.2 Å². The minimum Gasteiger partial charge on any atom is -0.451 e. The molecule has 0 atom stereocenters. The van der Waals surface area contributed by atoms with E-state index in [0.29, 0.717) is 18.7 Å². The zero-order valence-electron chi connectivity index (χ0n) is 11.2. The zero-order valence-corrected chi connectivity index (χ0v) is 11.2. The van der Waals surface area contributed by atoms with Crippen LogP contribution < -0.4 is 10.9 Å². The predicted molar refractivity (Wildman–Crippen MR) is 77.0 cm³/mol. The molecule has 21 heavy (non-hydrogen) atoms. The van der Waals surface area contributed by atoms with Gasteiger partial charge >= 0.3 is 0 Å². The average Bonchev–Trinajstić information content (AvgIpc) is 2.93. The van der Waals surface area contributed by atoms with Gasteiger partial charge in [-0.25, -0.2) is 4.68 Å². The number of para-hydroxylation sites is 1. The highest BCUT2D eigenvalue weighted by Crippen LogP contribution is 2.18. The van der Waals surface area contributed by atoms with Gasteiger partial charge in [0.15, 0.2) is 5.76 Å². The molecule has 1 aromatic carbocycles. The number of furan rings is 1. The van der Waals surface area contributed by atoms with Gasteiger partial charge in [0.1, 0.15) is 5.58 Å². The Balaban J connectivity index is 1.64. The smallest absolute Gasteiger partial charge is 0.287 e. The molecule has 0 radical (unpaired) electrons. The highest BCUT2D eigenvalue weighted by Gasteiger charge is 2.11. The second kappa shape index (κ2) is 5.62. The Bertz CT molecular complexity index is 802. The molecule has 0 spiro atoms. The van der Waals surface area contributed by atoms with E-state index in [4.69, 9.17) is 4.42 Å². The molecular weight excluding hydrogens is 270 g/mol. The number of nitrogens with one attached hydrogen (secondary N) is 1. The van der Waals surface area contributed by atoms with Gasteiger partial charge in [-0.1, -0.05) is 18.2 Å². The minimum absolute atomic E-state index is 0.199. The lowest BCUT2D eigenvalue weighted by Crippen LogP contribution is -2.31. The molecule has 0 aliphatic carbocycles. The van der Waals surface area contributed by atoms with Crippen LogP contribution in [0, 0.1) is 0 Å². The monoisotopic (exact) mass is 283 g/mol. The molecule has 0 aliphatic rings. The number of hydrogen-bond donors (Lipinski definition) is 1. The lowest BCUT2D eigenvalue weighted by molar-refractivity contribution is 0.0926. The fourth-order valence-electron chi connectivity index (χ4n) is 2.01. The third kappa shape index (κ3) is 2.84. The summed E-state index contributed by atoms with van der Waals surface area (Å²) in [6.07, 6.45) is 1.53. The van der Waals surface area contributed by atoms with Crippen molar-refractivity contribution in [1.29, 1.82) is 0 Å². The van der Waals surface area contributed by atoms with Crippen molar-refractivity contribution in [3.05, 3.63) is 64.8 Å². The summed E-state index contributed by atoms with van der Waals surface area (Å²) in [5.41, 5.74) is 0.471. The van der Waals surface area contributed by atoms with Crippen LogP contribution in [0.4, 0.5) is 0 Å². The van der Waals surface area contributed by atoms with E-state index in [1.165, 1.54) is 16.9 Å². The van der Waals surface area contributed by atoms with E-state index in [0.717, 1.165) is 5.39 Å². The molecule has 2 heterocycles. The molecule has 6 heteroatoms. The van der Waals surface area contributed by atoms with Crippen LogP contribution in [0.2, 0.25) is 0 Å². The first-order valence-electron chi connectivity index (χ1n) is 6.53. The van der Waals surface area contributed by atoms with E-state index in [2.05, 4.69) is 10.4 Å². The van der Waals surface area contributed by atoms with E-state index >= 15 is 0 Å². The number of fused-ring (bicyclic) bond motifs is 1. The molecule has 1 amide bonds. The Labute approximate surface area is 120 Å². The molecule has 0 fully saturated rings. The summed E-state index contributed by atoms with van der Waals surface area (Å²) >= 11 is 0. The van der Waals surface area contributed by atoms with Crippen molar-refractivity contribution in [2.24, 2.45) is 0 Å². The number of carbonyl (C=O) groups excluding carboxylic acids is 1.